The number of primary amides is 1. The Bertz CT molecular complexity index is 597. The number of anilines is 1. The van der Waals surface area contributed by atoms with Crippen LogP contribution in [0.15, 0.2) is 6.07 Å². The maximum atomic E-state index is 11.8. The Labute approximate surface area is 166 Å². The van der Waals surface area contributed by atoms with Gasteiger partial charge in [-0.3, -0.25) is 4.79 Å². The summed E-state index contributed by atoms with van der Waals surface area (Å²) in [6, 6.07) is 3.18. The van der Waals surface area contributed by atoms with E-state index >= 15 is 0 Å². The lowest BCUT2D eigenvalue weighted by molar-refractivity contribution is 0.1000. The van der Waals surface area contributed by atoms with Gasteiger partial charge in [0.15, 0.2) is 0 Å². The molecule has 1 aliphatic heterocycles. The number of rotatable bonds is 4. The summed E-state index contributed by atoms with van der Waals surface area (Å²) in [5.74, 6) is 0.379. The van der Waals surface area contributed by atoms with E-state index in [2.05, 4.69) is 15.2 Å². The highest BCUT2D eigenvalue weighted by Gasteiger charge is 2.25. The summed E-state index contributed by atoms with van der Waals surface area (Å²) in [6.07, 6.45) is 8.98. The number of nitrogens with one attached hydrogen (secondary N) is 1. The first kappa shape index (κ1) is 23.4. The average molecular weight is 380 g/mol. The minimum absolute atomic E-state index is 0. The molecule has 2 heterocycles. The van der Waals surface area contributed by atoms with Crippen LogP contribution in [0.4, 0.5) is 5.82 Å². The quantitative estimate of drug-likeness (QED) is 0.729. The van der Waals surface area contributed by atoms with Gasteiger partial charge in [0.1, 0.15) is 5.82 Å². The Morgan fingerprint density at radius 3 is 2.22 bits per heavy atom. The van der Waals surface area contributed by atoms with Gasteiger partial charge in [-0.05, 0) is 51.2 Å². The lowest BCUT2D eigenvalue weighted by Gasteiger charge is -2.36. The molecule has 1 saturated heterocycles. The van der Waals surface area contributed by atoms with Crippen LogP contribution in [-0.2, 0) is 0 Å². The number of carbonyl (C=O) groups is 1. The second-order valence-electron chi connectivity index (χ2n) is 7.39. The van der Waals surface area contributed by atoms with Crippen LogP contribution in [0, 0.1) is 13.8 Å². The van der Waals surface area contributed by atoms with Crippen molar-refractivity contribution in [2.45, 2.75) is 84.7 Å². The van der Waals surface area contributed by atoms with Crippen molar-refractivity contribution in [1.82, 2.24) is 16.5 Å². The van der Waals surface area contributed by atoms with Gasteiger partial charge in [-0.15, -0.1) is 0 Å². The molecular formula is C21H41N5O. The summed E-state index contributed by atoms with van der Waals surface area (Å²) >= 11 is 0. The highest BCUT2D eigenvalue weighted by Crippen LogP contribution is 2.25. The average Bonchev–Trinajstić information content (AvgIpc) is 2.66. The first-order valence-corrected chi connectivity index (χ1v) is 10.3. The molecule has 6 nitrogen and oxygen atoms in total. The van der Waals surface area contributed by atoms with Crippen molar-refractivity contribution < 1.29 is 6.22 Å². The standard InChI is InChI=1S/C19H30N4O.C2H6.H3N.H2/c1-13-12-17(18(20)24)19(21-14(13)2)23-10-8-16(9-11-23)22-15-6-4-3-5-7-15;1-2;;/h12,15-16,22H,3-11H2,1-2H3,(H2,20,24);1-2H3;1H3;1H. The molecular weight excluding hydrogens is 338 g/mol. The predicted octanol–water partition coefficient (Wildman–Crippen LogP) is 4.12. The number of hydrogen-bond acceptors (Lipinski definition) is 5. The minimum Gasteiger partial charge on any atom is -0.365 e. The first-order valence-electron chi connectivity index (χ1n) is 10.3. The van der Waals surface area contributed by atoms with E-state index in [-0.39, 0.29) is 13.5 Å². The number of amides is 1. The lowest BCUT2D eigenvalue weighted by atomic mass is 9.93. The predicted molar refractivity (Wildman–Crippen MR) is 116 cm³/mol. The molecule has 156 valence electrons. The van der Waals surface area contributed by atoms with E-state index in [1.807, 2.05) is 33.8 Å². The summed E-state index contributed by atoms with van der Waals surface area (Å²) in [7, 11) is 0. The molecule has 1 aromatic rings. The van der Waals surface area contributed by atoms with Gasteiger partial charge in [0, 0.05) is 32.3 Å². The number of nitrogens with zero attached hydrogens (tertiary/aromatic N) is 2. The summed E-state index contributed by atoms with van der Waals surface area (Å²) in [6.45, 7) is 9.82. The molecule has 0 spiro atoms. The van der Waals surface area contributed by atoms with E-state index in [1.165, 1.54) is 32.1 Å². The van der Waals surface area contributed by atoms with Crippen molar-refractivity contribution in [3.05, 3.63) is 22.9 Å². The summed E-state index contributed by atoms with van der Waals surface area (Å²) in [4.78, 5) is 18.7. The van der Waals surface area contributed by atoms with Crippen LogP contribution in [0.3, 0.4) is 0 Å². The topological polar surface area (TPSA) is 106 Å². The molecule has 6 N–H and O–H groups in total. The molecule has 3 rings (SSSR count). The Hall–Kier alpha value is -1.66. The molecule has 1 aromatic heterocycles. The number of aromatic nitrogens is 1. The summed E-state index contributed by atoms with van der Waals surface area (Å²) in [5, 5.41) is 3.85. The molecule has 0 atom stereocenters. The number of carbonyl (C=O) groups excluding carboxylic acids is 1. The van der Waals surface area contributed by atoms with Crippen LogP contribution < -0.4 is 22.1 Å². The molecule has 6 heteroatoms. The van der Waals surface area contributed by atoms with Crippen LogP contribution >= 0.6 is 0 Å². The second kappa shape index (κ2) is 11.2. The number of aryl methyl sites for hydroxylation is 2. The number of hydrogen-bond donors (Lipinski definition) is 3. The Balaban J connectivity index is 0.00000177. The third-order valence-corrected chi connectivity index (χ3v) is 5.58. The van der Waals surface area contributed by atoms with Gasteiger partial charge in [0.25, 0.3) is 5.91 Å². The Morgan fingerprint density at radius 1 is 1.11 bits per heavy atom. The minimum atomic E-state index is -0.386. The molecule has 0 radical (unpaired) electrons. The van der Waals surface area contributed by atoms with Gasteiger partial charge in [0.05, 0.1) is 5.56 Å². The highest BCUT2D eigenvalue weighted by atomic mass is 16.1. The van der Waals surface area contributed by atoms with Gasteiger partial charge in [-0.25, -0.2) is 4.98 Å². The van der Waals surface area contributed by atoms with Gasteiger partial charge in [0.2, 0.25) is 0 Å². The maximum Gasteiger partial charge on any atom is 0.252 e. The van der Waals surface area contributed by atoms with E-state index in [4.69, 9.17) is 5.73 Å². The summed E-state index contributed by atoms with van der Waals surface area (Å²) < 4.78 is 0. The number of nitrogens with two attached hydrogens (primary N) is 1. The van der Waals surface area contributed by atoms with Gasteiger partial charge in [-0.1, -0.05) is 33.1 Å². The second-order valence-corrected chi connectivity index (χ2v) is 7.39. The zero-order valence-electron chi connectivity index (χ0n) is 17.7. The molecule has 0 unspecified atom stereocenters. The van der Waals surface area contributed by atoms with Crippen molar-refractivity contribution in [3.63, 3.8) is 0 Å². The zero-order valence-corrected chi connectivity index (χ0v) is 17.7. The third kappa shape index (κ3) is 6.18. The fourth-order valence-corrected chi connectivity index (χ4v) is 3.98. The molecule has 1 amide bonds. The number of piperidine rings is 1. The van der Waals surface area contributed by atoms with Crippen molar-refractivity contribution in [1.29, 1.82) is 0 Å². The molecule has 1 aliphatic carbocycles. The molecule has 27 heavy (non-hydrogen) atoms. The van der Waals surface area contributed by atoms with Crippen molar-refractivity contribution in [2.75, 3.05) is 18.0 Å². The fourth-order valence-electron chi connectivity index (χ4n) is 3.98. The SMILES string of the molecule is CC.Cc1cc(C(N)=O)c(N2CCC(NC3CCCCC3)CC2)nc1C.N.[HH]. The van der Waals surface area contributed by atoms with Crippen molar-refractivity contribution >= 4 is 11.7 Å². The van der Waals surface area contributed by atoms with E-state index in [0.717, 1.165) is 43.0 Å². The van der Waals surface area contributed by atoms with Crippen LogP contribution in [-0.4, -0.2) is 36.1 Å². The number of pyridine rings is 1. The highest BCUT2D eigenvalue weighted by molar-refractivity contribution is 5.98. The van der Waals surface area contributed by atoms with E-state index < -0.39 is 0 Å². The van der Waals surface area contributed by atoms with E-state index in [0.29, 0.717) is 17.6 Å². The zero-order chi connectivity index (χ0) is 19.1. The van der Waals surface area contributed by atoms with Gasteiger partial charge in [-0.2, -0.15) is 0 Å². The van der Waals surface area contributed by atoms with Crippen LogP contribution in [0.5, 0.6) is 0 Å². The molecule has 0 aromatic carbocycles. The van der Waals surface area contributed by atoms with Crippen LogP contribution in [0.25, 0.3) is 0 Å². The third-order valence-electron chi connectivity index (χ3n) is 5.58. The smallest absolute Gasteiger partial charge is 0.252 e. The van der Waals surface area contributed by atoms with Crippen molar-refractivity contribution in [3.8, 4) is 0 Å². The fraction of sp³-hybridized carbons (Fsp3) is 0.714. The largest absolute Gasteiger partial charge is 0.365 e. The Kier molecular flexibility index (Phi) is 9.74. The van der Waals surface area contributed by atoms with E-state index in [9.17, 15) is 4.79 Å². The molecule has 2 aliphatic rings. The molecule has 2 fully saturated rings. The molecule has 0 bridgehead atoms. The molecule has 1 saturated carbocycles. The monoisotopic (exact) mass is 379 g/mol. The normalized spacial score (nSPS) is 18.3. The van der Waals surface area contributed by atoms with Crippen LogP contribution in [0.2, 0.25) is 0 Å². The van der Waals surface area contributed by atoms with Crippen LogP contribution in [0.1, 0.15) is 81.8 Å². The first-order chi connectivity index (χ1) is 12.5. The van der Waals surface area contributed by atoms with Gasteiger partial charge >= 0.3 is 0 Å². The van der Waals surface area contributed by atoms with E-state index in [1.54, 1.807) is 0 Å². The van der Waals surface area contributed by atoms with Gasteiger partial charge < -0.3 is 22.1 Å². The maximum absolute atomic E-state index is 11.8. The Morgan fingerprint density at radius 2 is 1.67 bits per heavy atom. The summed E-state index contributed by atoms with van der Waals surface area (Å²) in [5.41, 5.74) is 8.11. The lowest BCUT2D eigenvalue weighted by Crippen LogP contribution is -2.47. The van der Waals surface area contributed by atoms with Crippen molar-refractivity contribution in [2.24, 2.45) is 5.73 Å².